The fraction of sp³-hybridized carbons (Fsp3) is 0.458. The van der Waals surface area contributed by atoms with E-state index >= 15 is 0 Å². The number of carbonyl (C=O) groups is 1. The topological polar surface area (TPSA) is 60.2 Å². The summed E-state index contributed by atoms with van der Waals surface area (Å²) >= 11 is 0. The third-order valence-electron chi connectivity index (χ3n) is 5.54. The molecule has 0 N–H and O–H groups in total. The molecular formula is C24H30N4O2. The minimum Gasteiger partial charge on any atom is -0.492 e. The van der Waals surface area contributed by atoms with Crippen LogP contribution in [0.2, 0.25) is 0 Å². The number of amides is 1. The number of aromatic nitrogens is 3. The van der Waals surface area contributed by atoms with Crippen molar-refractivity contribution in [2.75, 3.05) is 20.2 Å². The van der Waals surface area contributed by atoms with Gasteiger partial charge in [0, 0.05) is 24.7 Å². The van der Waals surface area contributed by atoms with E-state index in [0.717, 1.165) is 35.3 Å². The van der Waals surface area contributed by atoms with E-state index in [1.807, 2.05) is 29.9 Å². The van der Waals surface area contributed by atoms with Crippen LogP contribution in [0.15, 0.2) is 30.5 Å². The number of aryl methyl sites for hydroxylation is 2. The van der Waals surface area contributed by atoms with Gasteiger partial charge in [0.2, 0.25) is 0 Å². The monoisotopic (exact) mass is 406 g/mol. The maximum absolute atomic E-state index is 13.3. The molecule has 6 heteroatoms. The minimum atomic E-state index is -0.0170. The Morgan fingerprint density at radius 2 is 1.90 bits per heavy atom. The zero-order valence-corrected chi connectivity index (χ0v) is 18.5. The lowest BCUT2D eigenvalue weighted by Crippen LogP contribution is -2.31. The molecule has 0 unspecified atom stereocenters. The van der Waals surface area contributed by atoms with Crippen molar-refractivity contribution in [1.82, 2.24) is 19.7 Å². The Hall–Kier alpha value is -2.89. The summed E-state index contributed by atoms with van der Waals surface area (Å²) in [5.41, 5.74) is 4.83. The summed E-state index contributed by atoms with van der Waals surface area (Å²) in [6.07, 6.45) is 4.05. The van der Waals surface area contributed by atoms with Gasteiger partial charge in [-0.1, -0.05) is 6.07 Å². The van der Waals surface area contributed by atoms with Gasteiger partial charge in [0.15, 0.2) is 5.65 Å². The average Bonchev–Trinajstić information content (AvgIpc) is 3.44. The van der Waals surface area contributed by atoms with Crippen LogP contribution in [-0.4, -0.2) is 45.8 Å². The van der Waals surface area contributed by atoms with E-state index in [9.17, 15) is 4.79 Å². The van der Waals surface area contributed by atoms with Crippen LogP contribution < -0.4 is 4.74 Å². The third kappa shape index (κ3) is 4.18. The molecule has 0 spiro atoms. The Bertz CT molecular complexity index is 1060. The molecule has 1 aliphatic rings. The maximum Gasteiger partial charge on any atom is 0.254 e. The Kier molecular flexibility index (Phi) is 5.50. The van der Waals surface area contributed by atoms with E-state index in [2.05, 4.69) is 38.9 Å². The Balaban J connectivity index is 1.53. The number of rotatable bonds is 7. The number of nitrogens with zero attached hydrogens (tertiary/aromatic N) is 4. The molecule has 2 aromatic heterocycles. The number of hydrogen-bond donors (Lipinski definition) is 0. The molecule has 30 heavy (non-hydrogen) atoms. The summed E-state index contributed by atoms with van der Waals surface area (Å²) in [5.74, 6) is 1.29. The van der Waals surface area contributed by atoms with Crippen LogP contribution in [0.5, 0.6) is 5.75 Å². The van der Waals surface area contributed by atoms with Crippen LogP contribution >= 0.6 is 0 Å². The lowest BCUT2D eigenvalue weighted by atomic mass is 10.1. The fourth-order valence-electron chi connectivity index (χ4n) is 3.80. The summed E-state index contributed by atoms with van der Waals surface area (Å²) in [5, 5.41) is 5.31. The van der Waals surface area contributed by atoms with Crippen molar-refractivity contribution in [3.63, 3.8) is 0 Å². The molecule has 0 aliphatic heterocycles. The number of ether oxygens (including phenoxy) is 1. The molecule has 2 heterocycles. The summed E-state index contributed by atoms with van der Waals surface area (Å²) in [4.78, 5) is 19.9. The minimum absolute atomic E-state index is 0.0170. The first kappa shape index (κ1) is 20.4. The van der Waals surface area contributed by atoms with Gasteiger partial charge in [-0.05, 0) is 69.9 Å². The normalized spacial score (nSPS) is 13.8. The lowest BCUT2D eigenvalue weighted by Gasteiger charge is -2.19. The predicted octanol–water partition coefficient (Wildman–Crippen LogP) is 4.66. The number of likely N-dealkylation sites (N-methyl/N-ethyl adjacent to an activating group) is 1. The zero-order valence-electron chi connectivity index (χ0n) is 18.5. The standard InChI is InChI=1S/C24H30N4O2/c1-15(2)28-23-21(14-25-28)20(13-22(26-23)18-6-7-18)24(29)27(5)8-9-30-19-11-16(3)10-17(4)12-19/h10-15,18H,6-9H2,1-5H3. The highest BCUT2D eigenvalue weighted by Gasteiger charge is 2.28. The highest BCUT2D eigenvalue weighted by Crippen LogP contribution is 2.40. The second kappa shape index (κ2) is 8.09. The van der Waals surface area contributed by atoms with Gasteiger partial charge in [0.05, 0.1) is 23.7 Å². The molecule has 0 radical (unpaired) electrons. The van der Waals surface area contributed by atoms with Gasteiger partial charge in [-0.2, -0.15) is 5.10 Å². The molecule has 1 aliphatic carbocycles. The van der Waals surface area contributed by atoms with Gasteiger partial charge in [0.25, 0.3) is 5.91 Å². The third-order valence-corrected chi connectivity index (χ3v) is 5.54. The molecule has 0 bridgehead atoms. The van der Waals surface area contributed by atoms with Crippen LogP contribution in [0.4, 0.5) is 0 Å². The second-order valence-corrected chi connectivity index (χ2v) is 8.69. The first-order valence-corrected chi connectivity index (χ1v) is 10.7. The number of carbonyl (C=O) groups excluding carboxylic acids is 1. The molecule has 3 aromatic rings. The smallest absolute Gasteiger partial charge is 0.254 e. The SMILES string of the molecule is Cc1cc(C)cc(OCCN(C)C(=O)c2cc(C3CC3)nc3c2cnn3C(C)C)c1. The molecule has 0 atom stereocenters. The second-order valence-electron chi connectivity index (χ2n) is 8.69. The van der Waals surface area contributed by atoms with Crippen LogP contribution in [0.1, 0.15) is 65.8 Å². The molecule has 1 aromatic carbocycles. The fourth-order valence-corrected chi connectivity index (χ4v) is 3.80. The molecule has 1 amide bonds. The molecule has 4 rings (SSSR count). The summed E-state index contributed by atoms with van der Waals surface area (Å²) in [7, 11) is 1.82. The molecule has 1 fully saturated rings. The van der Waals surface area contributed by atoms with Gasteiger partial charge in [-0.25, -0.2) is 9.67 Å². The highest BCUT2D eigenvalue weighted by atomic mass is 16.5. The largest absolute Gasteiger partial charge is 0.492 e. The number of benzene rings is 1. The van der Waals surface area contributed by atoms with Gasteiger partial charge in [-0.15, -0.1) is 0 Å². The van der Waals surface area contributed by atoms with Crippen LogP contribution in [-0.2, 0) is 0 Å². The number of fused-ring (bicyclic) bond motifs is 1. The Morgan fingerprint density at radius 3 is 2.53 bits per heavy atom. The Morgan fingerprint density at radius 1 is 1.20 bits per heavy atom. The first-order valence-electron chi connectivity index (χ1n) is 10.7. The first-order chi connectivity index (χ1) is 14.3. The van der Waals surface area contributed by atoms with Crippen molar-refractivity contribution in [3.8, 4) is 5.75 Å². The quantitative estimate of drug-likeness (QED) is 0.573. The molecule has 158 valence electrons. The molecule has 1 saturated carbocycles. The summed E-state index contributed by atoms with van der Waals surface area (Å²) in [6, 6.07) is 8.31. The zero-order chi connectivity index (χ0) is 21.4. The van der Waals surface area contributed by atoms with Gasteiger partial charge >= 0.3 is 0 Å². The van der Waals surface area contributed by atoms with Gasteiger partial charge in [-0.3, -0.25) is 4.79 Å². The van der Waals surface area contributed by atoms with Crippen LogP contribution in [0.25, 0.3) is 11.0 Å². The van der Waals surface area contributed by atoms with Crippen molar-refractivity contribution in [3.05, 3.63) is 52.8 Å². The van der Waals surface area contributed by atoms with Crippen molar-refractivity contribution < 1.29 is 9.53 Å². The van der Waals surface area contributed by atoms with Gasteiger partial charge < -0.3 is 9.64 Å². The maximum atomic E-state index is 13.3. The Labute approximate surface area is 177 Å². The van der Waals surface area contributed by atoms with E-state index in [1.54, 1.807) is 11.1 Å². The van der Waals surface area contributed by atoms with E-state index in [1.165, 1.54) is 11.1 Å². The van der Waals surface area contributed by atoms with Gasteiger partial charge in [0.1, 0.15) is 12.4 Å². The summed E-state index contributed by atoms with van der Waals surface area (Å²) < 4.78 is 7.80. The van der Waals surface area contributed by atoms with Crippen molar-refractivity contribution >= 4 is 16.9 Å². The van der Waals surface area contributed by atoms with Crippen molar-refractivity contribution in [2.24, 2.45) is 0 Å². The number of hydrogen-bond acceptors (Lipinski definition) is 4. The van der Waals surface area contributed by atoms with E-state index in [4.69, 9.17) is 9.72 Å². The highest BCUT2D eigenvalue weighted by molar-refractivity contribution is 6.05. The van der Waals surface area contributed by atoms with E-state index in [0.29, 0.717) is 24.6 Å². The predicted molar refractivity (Wildman–Crippen MR) is 118 cm³/mol. The summed E-state index contributed by atoms with van der Waals surface area (Å²) in [6.45, 7) is 9.22. The average molecular weight is 407 g/mol. The van der Waals surface area contributed by atoms with Crippen molar-refractivity contribution in [2.45, 2.75) is 52.5 Å². The van der Waals surface area contributed by atoms with E-state index < -0.39 is 0 Å². The molecule has 6 nitrogen and oxygen atoms in total. The molecular weight excluding hydrogens is 376 g/mol. The molecule has 0 saturated heterocycles. The van der Waals surface area contributed by atoms with Crippen molar-refractivity contribution in [1.29, 1.82) is 0 Å². The number of pyridine rings is 1. The van der Waals surface area contributed by atoms with E-state index in [-0.39, 0.29) is 11.9 Å². The lowest BCUT2D eigenvalue weighted by molar-refractivity contribution is 0.0775. The van der Waals surface area contributed by atoms with Crippen LogP contribution in [0.3, 0.4) is 0 Å². The van der Waals surface area contributed by atoms with Crippen LogP contribution in [0, 0.1) is 13.8 Å².